The molecule has 1 atom stereocenters. The molecule has 0 aliphatic heterocycles. The number of benzene rings is 2. The fourth-order valence-corrected chi connectivity index (χ4v) is 3.25. The second-order valence-corrected chi connectivity index (χ2v) is 6.89. The zero-order valence-corrected chi connectivity index (χ0v) is 15.2. The largest absolute Gasteiger partial charge is 0.483 e. The molecule has 5 heteroatoms. The number of Topliss-reactive ketones (excluding diaryl/α,β-unsaturated/α-hetero) is 1. The van der Waals surface area contributed by atoms with Gasteiger partial charge in [-0.2, -0.15) is 0 Å². The minimum absolute atomic E-state index is 0.137. The van der Waals surface area contributed by atoms with Gasteiger partial charge in [0.05, 0.1) is 5.56 Å². The summed E-state index contributed by atoms with van der Waals surface area (Å²) in [6.45, 7) is 4.11. The zero-order valence-electron chi connectivity index (χ0n) is 15.2. The van der Waals surface area contributed by atoms with E-state index in [1.807, 2.05) is 38.1 Å². The molecule has 0 radical (unpaired) electrons. The average Bonchev–Trinajstić information content (AvgIpc) is 2.91. The van der Waals surface area contributed by atoms with Gasteiger partial charge < -0.3 is 9.64 Å². The monoisotopic (exact) mass is 355 g/mol. The third-order valence-electron chi connectivity index (χ3n) is 4.73. The third kappa shape index (κ3) is 3.62. The van der Waals surface area contributed by atoms with Gasteiger partial charge in [-0.3, -0.25) is 9.59 Å². The SMILES string of the molecule is Cc1ccc(CN(C)C(=O)COc2ccc(F)c3c2C(=O)CC3C)cc1. The topological polar surface area (TPSA) is 46.6 Å². The molecule has 0 fully saturated rings. The number of ketones is 1. The molecular formula is C21H22FNO3. The molecule has 1 aliphatic rings. The van der Waals surface area contributed by atoms with Crippen molar-refractivity contribution < 1.29 is 18.7 Å². The van der Waals surface area contributed by atoms with E-state index in [-0.39, 0.29) is 41.9 Å². The number of likely N-dealkylation sites (N-methyl/N-ethyl adjacent to an activating group) is 1. The Morgan fingerprint density at radius 2 is 1.92 bits per heavy atom. The van der Waals surface area contributed by atoms with Crippen molar-refractivity contribution in [1.82, 2.24) is 4.90 Å². The van der Waals surface area contributed by atoms with Gasteiger partial charge in [0.1, 0.15) is 11.6 Å². The molecule has 1 aliphatic carbocycles. The van der Waals surface area contributed by atoms with E-state index in [1.54, 1.807) is 11.9 Å². The number of fused-ring (bicyclic) bond motifs is 1. The average molecular weight is 355 g/mol. The molecule has 2 aromatic rings. The van der Waals surface area contributed by atoms with Gasteiger partial charge in [-0.15, -0.1) is 0 Å². The van der Waals surface area contributed by atoms with Crippen LogP contribution in [-0.2, 0) is 11.3 Å². The molecule has 0 saturated heterocycles. The van der Waals surface area contributed by atoms with Crippen molar-refractivity contribution in [2.45, 2.75) is 32.7 Å². The second-order valence-electron chi connectivity index (χ2n) is 6.89. The van der Waals surface area contributed by atoms with Crippen LogP contribution in [0.5, 0.6) is 5.75 Å². The lowest BCUT2D eigenvalue weighted by Crippen LogP contribution is -2.31. The second kappa shape index (κ2) is 7.28. The van der Waals surface area contributed by atoms with E-state index < -0.39 is 5.82 Å². The van der Waals surface area contributed by atoms with Crippen molar-refractivity contribution in [3.05, 3.63) is 64.5 Å². The van der Waals surface area contributed by atoms with E-state index >= 15 is 0 Å². The van der Waals surface area contributed by atoms with Gasteiger partial charge in [-0.25, -0.2) is 4.39 Å². The summed E-state index contributed by atoms with van der Waals surface area (Å²) in [5.41, 5.74) is 2.87. The molecule has 0 saturated carbocycles. The quantitative estimate of drug-likeness (QED) is 0.818. The molecule has 1 unspecified atom stereocenters. The Hall–Kier alpha value is -2.69. The predicted molar refractivity (Wildman–Crippen MR) is 96.9 cm³/mol. The van der Waals surface area contributed by atoms with E-state index in [0.717, 1.165) is 11.1 Å². The maximum absolute atomic E-state index is 14.0. The van der Waals surface area contributed by atoms with Crippen LogP contribution < -0.4 is 4.74 Å². The van der Waals surface area contributed by atoms with Gasteiger partial charge in [0.25, 0.3) is 5.91 Å². The highest BCUT2D eigenvalue weighted by molar-refractivity contribution is 6.03. The first-order chi connectivity index (χ1) is 12.4. The van der Waals surface area contributed by atoms with Crippen molar-refractivity contribution in [2.24, 2.45) is 0 Å². The van der Waals surface area contributed by atoms with E-state index in [2.05, 4.69) is 0 Å². The first-order valence-electron chi connectivity index (χ1n) is 8.64. The molecule has 0 N–H and O–H groups in total. The Kier molecular flexibility index (Phi) is 5.07. The van der Waals surface area contributed by atoms with Crippen LogP contribution in [0.2, 0.25) is 0 Å². The number of nitrogens with zero attached hydrogens (tertiary/aromatic N) is 1. The molecule has 0 bridgehead atoms. The number of hydrogen-bond acceptors (Lipinski definition) is 3. The van der Waals surface area contributed by atoms with Crippen LogP contribution in [0, 0.1) is 12.7 Å². The molecule has 2 aromatic carbocycles. The van der Waals surface area contributed by atoms with Crippen LogP contribution in [0.4, 0.5) is 4.39 Å². The first kappa shape index (κ1) is 18.1. The summed E-state index contributed by atoms with van der Waals surface area (Å²) in [6.07, 6.45) is 0.272. The van der Waals surface area contributed by atoms with Crippen molar-refractivity contribution in [3.8, 4) is 5.75 Å². The van der Waals surface area contributed by atoms with E-state index in [4.69, 9.17) is 4.74 Å². The summed E-state index contributed by atoms with van der Waals surface area (Å²) in [7, 11) is 1.70. The van der Waals surface area contributed by atoms with Crippen LogP contribution in [0.1, 0.15) is 46.3 Å². The van der Waals surface area contributed by atoms with Gasteiger partial charge >= 0.3 is 0 Å². The number of aryl methyl sites for hydroxylation is 1. The number of halogens is 1. The summed E-state index contributed by atoms with van der Waals surface area (Å²) < 4.78 is 19.6. The normalized spacial score (nSPS) is 15.7. The van der Waals surface area contributed by atoms with E-state index in [1.165, 1.54) is 12.1 Å². The van der Waals surface area contributed by atoms with Crippen molar-refractivity contribution >= 4 is 11.7 Å². The molecule has 0 aromatic heterocycles. The van der Waals surface area contributed by atoms with E-state index in [0.29, 0.717) is 12.1 Å². The highest BCUT2D eigenvalue weighted by Gasteiger charge is 2.32. The Bertz CT molecular complexity index is 845. The Morgan fingerprint density at radius 1 is 1.23 bits per heavy atom. The standard InChI is InChI=1S/C21H22FNO3/c1-13-4-6-15(7-5-13)11-23(3)19(25)12-26-18-9-8-16(22)20-14(2)10-17(24)21(18)20/h4-9,14H,10-12H2,1-3H3. The molecule has 4 nitrogen and oxygen atoms in total. The number of amides is 1. The maximum Gasteiger partial charge on any atom is 0.260 e. The van der Waals surface area contributed by atoms with Gasteiger partial charge in [0.15, 0.2) is 12.4 Å². The van der Waals surface area contributed by atoms with Crippen LogP contribution in [0.25, 0.3) is 0 Å². The lowest BCUT2D eigenvalue weighted by Gasteiger charge is -2.18. The molecule has 136 valence electrons. The number of carbonyl (C=O) groups excluding carboxylic acids is 2. The Morgan fingerprint density at radius 3 is 2.62 bits per heavy atom. The summed E-state index contributed by atoms with van der Waals surface area (Å²) in [4.78, 5) is 26.1. The smallest absolute Gasteiger partial charge is 0.260 e. The highest BCUT2D eigenvalue weighted by atomic mass is 19.1. The van der Waals surface area contributed by atoms with Crippen molar-refractivity contribution in [1.29, 1.82) is 0 Å². The summed E-state index contributed by atoms with van der Waals surface area (Å²) in [6, 6.07) is 10.7. The lowest BCUT2D eigenvalue weighted by molar-refractivity contribution is -0.132. The van der Waals surface area contributed by atoms with Gasteiger partial charge in [0.2, 0.25) is 0 Å². The Labute approximate surface area is 152 Å². The maximum atomic E-state index is 14.0. The molecule has 0 spiro atoms. The highest BCUT2D eigenvalue weighted by Crippen LogP contribution is 2.39. The number of rotatable bonds is 5. The van der Waals surface area contributed by atoms with Gasteiger partial charge in [0, 0.05) is 25.6 Å². The number of ether oxygens (including phenoxy) is 1. The van der Waals surface area contributed by atoms with E-state index in [9.17, 15) is 14.0 Å². The molecule has 0 heterocycles. The Balaban J connectivity index is 1.67. The summed E-state index contributed by atoms with van der Waals surface area (Å²) >= 11 is 0. The predicted octanol–water partition coefficient (Wildman–Crippen LogP) is 3.86. The first-order valence-corrected chi connectivity index (χ1v) is 8.64. The molecule has 26 heavy (non-hydrogen) atoms. The van der Waals surface area contributed by atoms with Crippen molar-refractivity contribution in [3.63, 3.8) is 0 Å². The summed E-state index contributed by atoms with van der Waals surface area (Å²) in [5.74, 6) is -0.619. The minimum atomic E-state index is -0.395. The fourth-order valence-electron chi connectivity index (χ4n) is 3.25. The van der Waals surface area contributed by atoms with Gasteiger partial charge in [-0.05, 0) is 30.5 Å². The number of carbonyl (C=O) groups is 2. The minimum Gasteiger partial charge on any atom is -0.483 e. The molecule has 1 amide bonds. The number of hydrogen-bond donors (Lipinski definition) is 0. The molecule has 3 rings (SSSR count). The van der Waals surface area contributed by atoms with Crippen LogP contribution >= 0.6 is 0 Å². The third-order valence-corrected chi connectivity index (χ3v) is 4.73. The van der Waals surface area contributed by atoms with Crippen LogP contribution in [-0.4, -0.2) is 30.2 Å². The molecular weight excluding hydrogens is 333 g/mol. The van der Waals surface area contributed by atoms with Crippen LogP contribution in [0.15, 0.2) is 36.4 Å². The van der Waals surface area contributed by atoms with Crippen LogP contribution in [0.3, 0.4) is 0 Å². The zero-order chi connectivity index (χ0) is 18.8. The van der Waals surface area contributed by atoms with Gasteiger partial charge in [-0.1, -0.05) is 36.8 Å². The van der Waals surface area contributed by atoms with Crippen molar-refractivity contribution in [2.75, 3.05) is 13.7 Å². The fraction of sp³-hybridized carbons (Fsp3) is 0.333. The summed E-state index contributed by atoms with van der Waals surface area (Å²) in [5, 5.41) is 0. The lowest BCUT2D eigenvalue weighted by atomic mass is 10.0.